The lowest BCUT2D eigenvalue weighted by Gasteiger charge is -2.26. The fourth-order valence-electron chi connectivity index (χ4n) is 3.01. The molecule has 2 N–H and O–H groups in total. The molecule has 1 aliphatic carbocycles. The van der Waals surface area contributed by atoms with Gasteiger partial charge in [0, 0.05) is 10.4 Å². The van der Waals surface area contributed by atoms with Crippen molar-refractivity contribution in [1.29, 1.82) is 0 Å². The van der Waals surface area contributed by atoms with E-state index in [2.05, 4.69) is 0 Å². The van der Waals surface area contributed by atoms with Crippen LogP contribution in [0.3, 0.4) is 0 Å². The van der Waals surface area contributed by atoms with Gasteiger partial charge in [0.25, 0.3) is 0 Å². The fourth-order valence-corrected chi connectivity index (χ4v) is 4.17. The molecule has 0 saturated heterocycles. The van der Waals surface area contributed by atoms with Crippen LogP contribution < -0.4 is 5.73 Å². The van der Waals surface area contributed by atoms with Crippen molar-refractivity contribution >= 4 is 28.3 Å². The van der Waals surface area contributed by atoms with E-state index < -0.39 is 11.4 Å². The zero-order valence-electron chi connectivity index (χ0n) is 12.7. The third kappa shape index (κ3) is 2.41. The average molecular weight is 311 g/mol. The Bertz CT molecular complexity index is 566. The molecule has 0 bridgehead atoms. The summed E-state index contributed by atoms with van der Waals surface area (Å²) < 4.78 is 10.4. The van der Waals surface area contributed by atoms with Gasteiger partial charge in [-0.1, -0.05) is 6.92 Å². The third-order valence-electron chi connectivity index (χ3n) is 4.02. The van der Waals surface area contributed by atoms with Crippen molar-refractivity contribution in [2.24, 2.45) is 0 Å². The second-order valence-corrected chi connectivity index (χ2v) is 6.15. The van der Waals surface area contributed by atoms with Gasteiger partial charge in [-0.15, -0.1) is 11.3 Å². The van der Waals surface area contributed by atoms with Gasteiger partial charge in [0.1, 0.15) is 5.00 Å². The topological polar surface area (TPSA) is 78.6 Å². The van der Waals surface area contributed by atoms with Crippen LogP contribution in [0.5, 0.6) is 0 Å². The number of rotatable bonds is 5. The molecule has 0 fully saturated rings. The van der Waals surface area contributed by atoms with E-state index in [1.807, 2.05) is 6.92 Å². The SMILES string of the molecule is CCOC(=O)c1c(N)sc2c1[C@](CC)(C(=O)OCC)CC2. The van der Waals surface area contributed by atoms with Gasteiger partial charge in [-0.05, 0) is 33.1 Å². The number of aryl methyl sites for hydroxylation is 1. The Morgan fingerprint density at radius 1 is 1.24 bits per heavy atom. The number of ether oxygens (including phenoxy) is 2. The predicted molar refractivity (Wildman–Crippen MR) is 81.6 cm³/mol. The van der Waals surface area contributed by atoms with Crippen molar-refractivity contribution in [2.45, 2.75) is 45.4 Å². The molecule has 1 heterocycles. The number of esters is 2. The van der Waals surface area contributed by atoms with E-state index in [-0.39, 0.29) is 12.6 Å². The van der Waals surface area contributed by atoms with Crippen molar-refractivity contribution in [3.63, 3.8) is 0 Å². The Kier molecular flexibility index (Phi) is 4.56. The van der Waals surface area contributed by atoms with Crippen molar-refractivity contribution in [1.82, 2.24) is 0 Å². The lowest BCUT2D eigenvalue weighted by molar-refractivity contribution is -0.150. The van der Waals surface area contributed by atoms with Crippen LogP contribution >= 0.6 is 11.3 Å². The maximum atomic E-state index is 12.5. The van der Waals surface area contributed by atoms with Gasteiger partial charge in [0.15, 0.2) is 0 Å². The first-order valence-electron chi connectivity index (χ1n) is 7.27. The number of nitrogens with two attached hydrogens (primary N) is 1. The van der Waals surface area contributed by atoms with E-state index in [1.165, 1.54) is 11.3 Å². The molecule has 0 spiro atoms. The molecule has 0 aliphatic heterocycles. The fraction of sp³-hybridized carbons (Fsp3) is 0.600. The summed E-state index contributed by atoms with van der Waals surface area (Å²) in [6, 6.07) is 0. The van der Waals surface area contributed by atoms with Gasteiger partial charge >= 0.3 is 11.9 Å². The van der Waals surface area contributed by atoms with E-state index in [4.69, 9.17) is 15.2 Å². The summed E-state index contributed by atoms with van der Waals surface area (Å²) >= 11 is 1.38. The van der Waals surface area contributed by atoms with Gasteiger partial charge in [-0.25, -0.2) is 4.79 Å². The van der Waals surface area contributed by atoms with Gasteiger partial charge in [0.2, 0.25) is 0 Å². The number of carbonyl (C=O) groups is 2. The number of nitrogen functional groups attached to an aromatic ring is 1. The van der Waals surface area contributed by atoms with Crippen molar-refractivity contribution in [3.8, 4) is 0 Å². The normalized spacial score (nSPS) is 20.1. The zero-order valence-corrected chi connectivity index (χ0v) is 13.5. The minimum atomic E-state index is -0.762. The highest BCUT2D eigenvalue weighted by molar-refractivity contribution is 7.16. The van der Waals surface area contributed by atoms with E-state index in [0.29, 0.717) is 30.0 Å². The molecule has 116 valence electrons. The molecule has 1 aromatic rings. The lowest BCUT2D eigenvalue weighted by atomic mass is 9.78. The zero-order chi connectivity index (χ0) is 15.6. The van der Waals surface area contributed by atoms with Crippen LogP contribution in [0.25, 0.3) is 0 Å². The van der Waals surface area contributed by atoms with Crippen LogP contribution in [0.2, 0.25) is 0 Å². The third-order valence-corrected chi connectivity index (χ3v) is 5.09. The molecule has 1 atom stereocenters. The maximum Gasteiger partial charge on any atom is 0.341 e. The molecule has 1 aliphatic rings. The molecule has 0 saturated carbocycles. The Morgan fingerprint density at radius 3 is 2.48 bits per heavy atom. The number of carbonyl (C=O) groups excluding carboxylic acids is 2. The van der Waals surface area contributed by atoms with Crippen molar-refractivity contribution in [2.75, 3.05) is 18.9 Å². The maximum absolute atomic E-state index is 12.5. The van der Waals surface area contributed by atoms with Crippen molar-refractivity contribution in [3.05, 3.63) is 16.0 Å². The van der Waals surface area contributed by atoms with Gasteiger partial charge in [0.05, 0.1) is 24.2 Å². The molecule has 5 nitrogen and oxygen atoms in total. The molecular formula is C15H21NO4S. The smallest absolute Gasteiger partial charge is 0.341 e. The first-order valence-corrected chi connectivity index (χ1v) is 8.09. The second kappa shape index (κ2) is 6.05. The number of hydrogen-bond donors (Lipinski definition) is 1. The molecule has 1 aromatic heterocycles. The molecular weight excluding hydrogens is 290 g/mol. The number of thiophene rings is 1. The van der Waals surface area contributed by atoms with Crippen LogP contribution in [0.15, 0.2) is 0 Å². The highest BCUT2D eigenvalue weighted by atomic mass is 32.1. The highest BCUT2D eigenvalue weighted by Gasteiger charge is 2.49. The van der Waals surface area contributed by atoms with E-state index in [0.717, 1.165) is 16.9 Å². The number of fused-ring (bicyclic) bond motifs is 1. The second-order valence-electron chi connectivity index (χ2n) is 5.02. The van der Waals surface area contributed by atoms with E-state index in [9.17, 15) is 9.59 Å². The molecule has 0 radical (unpaired) electrons. The van der Waals surface area contributed by atoms with Crippen LogP contribution in [0.4, 0.5) is 5.00 Å². The average Bonchev–Trinajstić information content (AvgIpc) is 2.95. The number of anilines is 1. The quantitative estimate of drug-likeness (QED) is 0.846. The molecule has 2 rings (SSSR count). The summed E-state index contributed by atoms with van der Waals surface area (Å²) in [5, 5.41) is 0.431. The van der Waals surface area contributed by atoms with E-state index in [1.54, 1.807) is 13.8 Å². The lowest BCUT2D eigenvalue weighted by Crippen LogP contribution is -2.36. The summed E-state index contributed by atoms with van der Waals surface area (Å²) in [5.41, 5.74) is 6.34. The Balaban J connectivity index is 2.55. The summed E-state index contributed by atoms with van der Waals surface area (Å²) in [5.74, 6) is -0.717. The Labute approximate surface area is 128 Å². The van der Waals surface area contributed by atoms with Gasteiger partial charge in [-0.2, -0.15) is 0 Å². The summed E-state index contributed by atoms with van der Waals surface area (Å²) in [6.07, 6.45) is 1.99. The largest absolute Gasteiger partial charge is 0.465 e. The predicted octanol–water partition coefficient (Wildman–Crippen LogP) is 2.66. The minimum absolute atomic E-state index is 0.269. The molecule has 21 heavy (non-hydrogen) atoms. The summed E-state index contributed by atoms with van der Waals surface area (Å²) in [7, 11) is 0. The molecule has 0 unspecified atom stereocenters. The van der Waals surface area contributed by atoms with Crippen LogP contribution in [-0.4, -0.2) is 25.2 Å². The van der Waals surface area contributed by atoms with Crippen LogP contribution in [0, 0.1) is 0 Å². The van der Waals surface area contributed by atoms with Crippen LogP contribution in [-0.2, 0) is 26.1 Å². The van der Waals surface area contributed by atoms with Crippen LogP contribution in [0.1, 0.15) is 54.4 Å². The van der Waals surface area contributed by atoms with Gasteiger partial charge < -0.3 is 15.2 Å². The Morgan fingerprint density at radius 2 is 1.90 bits per heavy atom. The molecule has 0 aromatic carbocycles. The van der Waals surface area contributed by atoms with E-state index >= 15 is 0 Å². The van der Waals surface area contributed by atoms with Gasteiger partial charge in [-0.3, -0.25) is 4.79 Å². The molecule has 6 heteroatoms. The Hall–Kier alpha value is -1.56. The molecule has 0 amide bonds. The minimum Gasteiger partial charge on any atom is -0.465 e. The summed E-state index contributed by atoms with van der Waals surface area (Å²) in [6.45, 7) is 6.07. The monoisotopic (exact) mass is 311 g/mol. The standard InChI is InChI=1S/C15H21NO4S/c1-4-15(14(18)20-6-3)8-7-9-11(15)10(12(16)21-9)13(17)19-5-2/h4-8,16H2,1-3H3/t15-/m1/s1. The van der Waals surface area contributed by atoms with Crippen molar-refractivity contribution < 1.29 is 19.1 Å². The highest BCUT2D eigenvalue weighted by Crippen LogP contribution is 2.50. The number of hydrogen-bond acceptors (Lipinski definition) is 6. The first kappa shape index (κ1) is 15.8. The first-order chi connectivity index (χ1) is 10.0. The summed E-state index contributed by atoms with van der Waals surface area (Å²) in [4.78, 5) is 25.7.